The van der Waals surface area contributed by atoms with Crippen molar-refractivity contribution in [3.05, 3.63) is 23.5 Å². The van der Waals surface area contributed by atoms with Gasteiger partial charge >= 0.3 is 0 Å². The molecule has 1 N–H and O–H groups in total. The summed E-state index contributed by atoms with van der Waals surface area (Å²) in [7, 11) is 0. The van der Waals surface area contributed by atoms with Crippen LogP contribution in [0.1, 0.15) is 29.0 Å². The number of nitriles is 1. The molecule has 0 spiro atoms. The van der Waals surface area contributed by atoms with Crippen molar-refractivity contribution < 1.29 is 4.79 Å². The molecule has 1 aromatic heterocycles. The Labute approximate surface area is 71.0 Å². The maximum absolute atomic E-state index is 10.3. The van der Waals surface area contributed by atoms with E-state index in [1.807, 2.05) is 6.07 Å². The van der Waals surface area contributed by atoms with Crippen LogP contribution in [0.3, 0.4) is 0 Å². The molecule has 0 radical (unpaired) electrons. The van der Waals surface area contributed by atoms with Gasteiger partial charge in [0, 0.05) is 12.1 Å². The minimum Gasteiger partial charge on any atom is -0.356 e. The van der Waals surface area contributed by atoms with Crippen molar-refractivity contribution in [2.75, 3.05) is 0 Å². The molecule has 1 heterocycles. The van der Waals surface area contributed by atoms with Crippen LogP contribution in [-0.4, -0.2) is 11.3 Å². The highest BCUT2D eigenvalue weighted by Gasteiger charge is 1.96. The number of aromatic nitrogens is 1. The summed E-state index contributed by atoms with van der Waals surface area (Å²) in [5.41, 5.74) is 1.62. The molecular formula is C9H10N2O. The number of hydrogen-bond acceptors (Lipinski definition) is 2. The standard InChI is InChI=1S/C9H10N2O/c10-6-2-1-3-8-4-5-9(7-12)11-8/h4-5,7,11H,1-3H2. The average molecular weight is 162 g/mol. The van der Waals surface area contributed by atoms with Gasteiger partial charge in [-0.15, -0.1) is 0 Å². The smallest absolute Gasteiger partial charge is 0.166 e. The molecule has 0 aliphatic carbocycles. The molecule has 12 heavy (non-hydrogen) atoms. The van der Waals surface area contributed by atoms with E-state index in [1.165, 1.54) is 0 Å². The van der Waals surface area contributed by atoms with Gasteiger partial charge in [0.15, 0.2) is 6.29 Å². The summed E-state index contributed by atoms with van der Waals surface area (Å²) >= 11 is 0. The predicted molar refractivity (Wildman–Crippen MR) is 44.7 cm³/mol. The van der Waals surface area contributed by atoms with Crippen molar-refractivity contribution in [3.8, 4) is 6.07 Å². The van der Waals surface area contributed by atoms with Gasteiger partial charge in [0.2, 0.25) is 0 Å². The highest BCUT2D eigenvalue weighted by molar-refractivity contribution is 5.71. The number of aryl methyl sites for hydroxylation is 1. The molecule has 0 saturated carbocycles. The summed E-state index contributed by atoms with van der Waals surface area (Å²) in [4.78, 5) is 13.2. The summed E-state index contributed by atoms with van der Waals surface area (Å²) < 4.78 is 0. The van der Waals surface area contributed by atoms with Crippen molar-refractivity contribution in [3.63, 3.8) is 0 Å². The number of hydrogen-bond donors (Lipinski definition) is 1. The van der Waals surface area contributed by atoms with Gasteiger partial charge < -0.3 is 4.98 Å². The lowest BCUT2D eigenvalue weighted by Crippen LogP contribution is -1.85. The van der Waals surface area contributed by atoms with Crippen LogP contribution in [0.15, 0.2) is 12.1 Å². The molecule has 1 rings (SSSR count). The van der Waals surface area contributed by atoms with Gasteiger partial charge in [-0.25, -0.2) is 0 Å². The third-order valence-electron chi connectivity index (χ3n) is 1.63. The Balaban J connectivity index is 2.42. The first-order valence-electron chi connectivity index (χ1n) is 3.87. The summed E-state index contributed by atoms with van der Waals surface area (Å²) in [6.45, 7) is 0. The number of nitrogens with zero attached hydrogens (tertiary/aromatic N) is 1. The highest BCUT2D eigenvalue weighted by Crippen LogP contribution is 2.03. The minimum absolute atomic E-state index is 0.565. The van der Waals surface area contributed by atoms with Gasteiger partial charge in [0.05, 0.1) is 11.8 Å². The molecule has 0 amide bonds. The predicted octanol–water partition coefficient (Wildman–Crippen LogP) is 1.67. The number of rotatable bonds is 4. The Morgan fingerprint density at radius 2 is 2.42 bits per heavy atom. The van der Waals surface area contributed by atoms with Crippen LogP contribution in [0.2, 0.25) is 0 Å². The summed E-state index contributed by atoms with van der Waals surface area (Å²) in [5.74, 6) is 0. The number of nitrogens with one attached hydrogen (secondary N) is 1. The van der Waals surface area contributed by atoms with Crippen LogP contribution in [-0.2, 0) is 6.42 Å². The Morgan fingerprint density at radius 1 is 1.58 bits per heavy atom. The van der Waals surface area contributed by atoms with E-state index in [0.717, 1.165) is 24.8 Å². The quantitative estimate of drug-likeness (QED) is 0.540. The molecule has 0 aromatic carbocycles. The zero-order valence-corrected chi connectivity index (χ0v) is 6.71. The highest BCUT2D eigenvalue weighted by atomic mass is 16.1. The van der Waals surface area contributed by atoms with Gasteiger partial charge in [-0.3, -0.25) is 4.79 Å². The fraction of sp³-hybridized carbons (Fsp3) is 0.333. The monoisotopic (exact) mass is 162 g/mol. The third-order valence-corrected chi connectivity index (χ3v) is 1.63. The van der Waals surface area contributed by atoms with Crippen LogP contribution in [0.4, 0.5) is 0 Å². The maximum atomic E-state index is 10.3. The van der Waals surface area contributed by atoms with Crippen LogP contribution < -0.4 is 0 Å². The molecule has 0 saturated heterocycles. The second-order valence-electron chi connectivity index (χ2n) is 2.57. The van der Waals surface area contributed by atoms with E-state index in [0.29, 0.717) is 12.1 Å². The van der Waals surface area contributed by atoms with Gasteiger partial charge in [0.1, 0.15) is 0 Å². The number of aldehydes is 1. The summed E-state index contributed by atoms with van der Waals surface area (Å²) in [6, 6.07) is 5.70. The first kappa shape index (κ1) is 8.54. The first-order chi connectivity index (χ1) is 5.86. The second-order valence-corrected chi connectivity index (χ2v) is 2.57. The zero-order chi connectivity index (χ0) is 8.81. The Morgan fingerprint density at radius 3 is 3.00 bits per heavy atom. The summed E-state index contributed by atoms with van der Waals surface area (Å²) in [6.07, 6.45) is 3.03. The largest absolute Gasteiger partial charge is 0.356 e. The van der Waals surface area contributed by atoms with Crippen molar-refractivity contribution in [1.82, 2.24) is 4.98 Å². The van der Waals surface area contributed by atoms with Crippen LogP contribution in [0.25, 0.3) is 0 Å². The van der Waals surface area contributed by atoms with Crippen molar-refractivity contribution >= 4 is 6.29 Å². The second kappa shape index (κ2) is 4.35. The van der Waals surface area contributed by atoms with Gasteiger partial charge in [-0.2, -0.15) is 5.26 Å². The van der Waals surface area contributed by atoms with E-state index in [9.17, 15) is 4.79 Å². The third kappa shape index (κ3) is 2.24. The van der Waals surface area contributed by atoms with Crippen LogP contribution in [0, 0.1) is 11.3 Å². The molecule has 0 aliphatic rings. The number of carbonyl (C=O) groups is 1. The van der Waals surface area contributed by atoms with Gasteiger partial charge in [-0.05, 0) is 25.0 Å². The molecule has 3 heteroatoms. The SMILES string of the molecule is N#CCCCc1ccc(C=O)[nH]1. The number of unbranched alkanes of at least 4 members (excludes halogenated alkanes) is 1. The molecule has 0 atom stereocenters. The van der Waals surface area contributed by atoms with Crippen molar-refractivity contribution in [2.24, 2.45) is 0 Å². The van der Waals surface area contributed by atoms with E-state index in [4.69, 9.17) is 5.26 Å². The van der Waals surface area contributed by atoms with E-state index in [1.54, 1.807) is 6.07 Å². The lowest BCUT2D eigenvalue weighted by molar-refractivity contribution is 0.111. The molecule has 1 aromatic rings. The molecule has 3 nitrogen and oxygen atoms in total. The van der Waals surface area contributed by atoms with E-state index >= 15 is 0 Å². The van der Waals surface area contributed by atoms with E-state index in [2.05, 4.69) is 11.1 Å². The van der Waals surface area contributed by atoms with Crippen LogP contribution in [0.5, 0.6) is 0 Å². The topological polar surface area (TPSA) is 56.6 Å². The van der Waals surface area contributed by atoms with E-state index < -0.39 is 0 Å². The zero-order valence-electron chi connectivity index (χ0n) is 6.71. The summed E-state index contributed by atoms with van der Waals surface area (Å²) in [5, 5.41) is 8.28. The van der Waals surface area contributed by atoms with Crippen molar-refractivity contribution in [1.29, 1.82) is 5.26 Å². The Kier molecular flexibility index (Phi) is 3.09. The van der Waals surface area contributed by atoms with Crippen molar-refractivity contribution in [2.45, 2.75) is 19.3 Å². The molecule has 0 fully saturated rings. The van der Waals surface area contributed by atoms with Gasteiger partial charge in [0.25, 0.3) is 0 Å². The van der Waals surface area contributed by atoms with E-state index in [-0.39, 0.29) is 0 Å². The number of carbonyl (C=O) groups excluding carboxylic acids is 1. The van der Waals surface area contributed by atoms with Crippen LogP contribution >= 0.6 is 0 Å². The average Bonchev–Trinajstić information content (AvgIpc) is 2.53. The maximum Gasteiger partial charge on any atom is 0.166 e. The Hall–Kier alpha value is -1.56. The number of aromatic amines is 1. The fourth-order valence-electron chi connectivity index (χ4n) is 1.03. The molecular weight excluding hydrogens is 152 g/mol. The minimum atomic E-state index is 0.565. The lowest BCUT2D eigenvalue weighted by Gasteiger charge is -1.91. The fourth-order valence-corrected chi connectivity index (χ4v) is 1.03. The first-order valence-corrected chi connectivity index (χ1v) is 3.87. The molecule has 0 bridgehead atoms. The Bertz CT molecular complexity index is 296. The molecule has 0 aliphatic heterocycles. The van der Waals surface area contributed by atoms with Gasteiger partial charge in [-0.1, -0.05) is 0 Å². The molecule has 0 unspecified atom stereocenters. The number of H-pyrrole nitrogens is 1. The lowest BCUT2D eigenvalue weighted by atomic mass is 10.2. The normalized spacial score (nSPS) is 9.25. The molecule has 62 valence electrons.